The van der Waals surface area contributed by atoms with Crippen molar-refractivity contribution < 1.29 is 9.53 Å². The van der Waals surface area contributed by atoms with Crippen molar-refractivity contribution in [2.45, 2.75) is 6.92 Å². The third-order valence-corrected chi connectivity index (χ3v) is 2.63. The maximum Gasteiger partial charge on any atom is 0.325 e. The number of halogens is 1. The number of aromatic nitrogens is 2. The molecule has 1 aromatic carbocycles. The summed E-state index contributed by atoms with van der Waals surface area (Å²) in [6.07, 6.45) is 2.78. The van der Waals surface area contributed by atoms with Gasteiger partial charge in [-0.05, 0) is 24.6 Å². The average Bonchev–Trinajstić information content (AvgIpc) is 2.38. The summed E-state index contributed by atoms with van der Waals surface area (Å²) in [5, 5.41) is 5.43. The van der Waals surface area contributed by atoms with E-state index in [0.29, 0.717) is 11.4 Å². The van der Waals surface area contributed by atoms with Crippen LogP contribution in [-0.4, -0.2) is 23.1 Å². The van der Waals surface area contributed by atoms with E-state index in [0.717, 1.165) is 5.56 Å². The highest BCUT2D eigenvalue weighted by molar-refractivity contribution is 6.29. The van der Waals surface area contributed by atoms with Crippen LogP contribution in [0.15, 0.2) is 30.6 Å². The molecule has 0 radical (unpaired) electrons. The van der Waals surface area contributed by atoms with Gasteiger partial charge in [-0.2, -0.15) is 0 Å². The predicted octanol–water partition coefficient (Wildman–Crippen LogP) is 3.09. The molecule has 2 N–H and O–H groups in total. The van der Waals surface area contributed by atoms with Crippen LogP contribution in [0.1, 0.15) is 5.56 Å². The van der Waals surface area contributed by atoms with Gasteiger partial charge in [0.25, 0.3) is 0 Å². The van der Waals surface area contributed by atoms with Gasteiger partial charge in [-0.3, -0.25) is 10.3 Å². The Hall–Kier alpha value is -2.34. The van der Waals surface area contributed by atoms with Crippen molar-refractivity contribution in [2.24, 2.45) is 0 Å². The van der Waals surface area contributed by atoms with E-state index in [4.69, 9.17) is 16.3 Å². The fraction of sp³-hybridized carbons (Fsp3) is 0.154. The number of hydrogen-bond acceptors (Lipinski definition) is 4. The SMILES string of the molecule is COc1ccc(C)cc1NC(=O)Nc1cncc(Cl)n1. The van der Waals surface area contributed by atoms with Gasteiger partial charge >= 0.3 is 6.03 Å². The van der Waals surface area contributed by atoms with Crippen LogP contribution in [0.25, 0.3) is 0 Å². The van der Waals surface area contributed by atoms with Crippen molar-refractivity contribution in [3.63, 3.8) is 0 Å². The van der Waals surface area contributed by atoms with Crippen molar-refractivity contribution in [1.82, 2.24) is 9.97 Å². The lowest BCUT2D eigenvalue weighted by Crippen LogP contribution is -2.20. The first-order valence-corrected chi connectivity index (χ1v) is 6.16. The zero-order valence-corrected chi connectivity index (χ0v) is 11.7. The van der Waals surface area contributed by atoms with E-state index in [1.807, 2.05) is 19.1 Å². The molecule has 0 saturated heterocycles. The van der Waals surface area contributed by atoms with Gasteiger partial charge in [0.15, 0.2) is 5.82 Å². The second-order valence-electron chi connectivity index (χ2n) is 4.01. The zero-order chi connectivity index (χ0) is 14.5. The number of benzene rings is 1. The maximum atomic E-state index is 11.9. The molecule has 0 saturated carbocycles. The van der Waals surface area contributed by atoms with E-state index in [1.165, 1.54) is 19.5 Å². The highest BCUT2D eigenvalue weighted by Gasteiger charge is 2.08. The second-order valence-corrected chi connectivity index (χ2v) is 4.40. The van der Waals surface area contributed by atoms with Gasteiger partial charge in [-0.15, -0.1) is 0 Å². The molecule has 0 unspecified atom stereocenters. The number of hydrogen-bond donors (Lipinski definition) is 2. The molecule has 0 aliphatic heterocycles. The Labute approximate surface area is 121 Å². The van der Waals surface area contributed by atoms with Crippen LogP contribution in [0.4, 0.5) is 16.3 Å². The largest absolute Gasteiger partial charge is 0.495 e. The summed E-state index contributed by atoms with van der Waals surface area (Å²) in [7, 11) is 1.54. The summed E-state index contributed by atoms with van der Waals surface area (Å²) < 4.78 is 5.18. The van der Waals surface area contributed by atoms with Crippen LogP contribution in [0.3, 0.4) is 0 Å². The number of rotatable bonds is 3. The molecule has 0 atom stereocenters. The van der Waals surface area contributed by atoms with Crippen LogP contribution >= 0.6 is 11.6 Å². The van der Waals surface area contributed by atoms with Gasteiger partial charge in [0.1, 0.15) is 10.9 Å². The maximum absolute atomic E-state index is 11.9. The molecule has 2 amide bonds. The van der Waals surface area contributed by atoms with Gasteiger partial charge < -0.3 is 10.1 Å². The molecule has 0 spiro atoms. The lowest BCUT2D eigenvalue weighted by Gasteiger charge is -2.11. The molecule has 7 heteroatoms. The molecule has 104 valence electrons. The van der Waals surface area contributed by atoms with E-state index in [-0.39, 0.29) is 11.0 Å². The monoisotopic (exact) mass is 292 g/mol. The zero-order valence-electron chi connectivity index (χ0n) is 11.0. The van der Waals surface area contributed by atoms with Crippen molar-refractivity contribution in [3.8, 4) is 5.75 Å². The summed E-state index contributed by atoms with van der Waals surface area (Å²) in [6, 6.07) is 5.03. The molecule has 1 heterocycles. The third-order valence-electron chi connectivity index (χ3n) is 2.45. The molecular formula is C13H13ClN4O2. The Morgan fingerprint density at radius 2 is 2.10 bits per heavy atom. The van der Waals surface area contributed by atoms with Crippen LogP contribution in [0.2, 0.25) is 5.15 Å². The molecule has 0 aliphatic carbocycles. The van der Waals surface area contributed by atoms with Crippen molar-refractivity contribution in [3.05, 3.63) is 41.3 Å². The van der Waals surface area contributed by atoms with E-state index in [1.54, 1.807) is 6.07 Å². The number of urea groups is 1. The molecule has 1 aromatic heterocycles. The van der Waals surface area contributed by atoms with Crippen molar-refractivity contribution >= 4 is 29.1 Å². The number of anilines is 2. The summed E-state index contributed by atoms with van der Waals surface area (Å²) >= 11 is 5.69. The number of aryl methyl sites for hydroxylation is 1. The molecule has 0 bridgehead atoms. The quantitative estimate of drug-likeness (QED) is 0.911. The highest BCUT2D eigenvalue weighted by Crippen LogP contribution is 2.25. The van der Waals surface area contributed by atoms with E-state index in [9.17, 15) is 4.79 Å². The normalized spacial score (nSPS) is 9.95. The summed E-state index contributed by atoms with van der Waals surface area (Å²) in [4.78, 5) is 19.6. The molecule has 2 aromatic rings. The first-order chi connectivity index (χ1) is 9.58. The van der Waals surface area contributed by atoms with Gasteiger partial charge in [0, 0.05) is 0 Å². The van der Waals surface area contributed by atoms with Crippen LogP contribution in [0.5, 0.6) is 5.75 Å². The number of ether oxygens (including phenoxy) is 1. The summed E-state index contributed by atoms with van der Waals surface area (Å²) in [5.74, 6) is 0.838. The Bertz CT molecular complexity index is 634. The van der Waals surface area contributed by atoms with Gasteiger partial charge in [-0.25, -0.2) is 9.78 Å². The number of nitrogens with zero attached hydrogens (tertiary/aromatic N) is 2. The average molecular weight is 293 g/mol. The topological polar surface area (TPSA) is 76.1 Å². The number of carbonyl (C=O) groups is 1. The Kier molecular flexibility index (Phi) is 4.37. The molecule has 0 fully saturated rings. The Morgan fingerprint density at radius 1 is 1.30 bits per heavy atom. The van der Waals surface area contributed by atoms with E-state index < -0.39 is 6.03 Å². The molecule has 6 nitrogen and oxygen atoms in total. The van der Waals surface area contributed by atoms with E-state index >= 15 is 0 Å². The minimum atomic E-state index is -0.453. The minimum absolute atomic E-state index is 0.205. The Balaban J connectivity index is 2.10. The smallest absolute Gasteiger partial charge is 0.325 e. The number of carbonyl (C=O) groups excluding carboxylic acids is 1. The van der Waals surface area contributed by atoms with Crippen molar-refractivity contribution in [1.29, 1.82) is 0 Å². The van der Waals surface area contributed by atoms with Crippen LogP contribution < -0.4 is 15.4 Å². The number of methoxy groups -OCH3 is 1. The number of nitrogens with one attached hydrogen (secondary N) is 2. The molecule has 20 heavy (non-hydrogen) atoms. The van der Waals surface area contributed by atoms with Gasteiger partial charge in [-0.1, -0.05) is 17.7 Å². The first-order valence-electron chi connectivity index (χ1n) is 5.78. The molecule has 2 rings (SSSR count). The molecule has 0 aliphatic rings. The minimum Gasteiger partial charge on any atom is -0.495 e. The van der Waals surface area contributed by atoms with Crippen molar-refractivity contribution in [2.75, 3.05) is 17.7 Å². The van der Waals surface area contributed by atoms with Gasteiger partial charge in [0.05, 0.1) is 25.2 Å². The highest BCUT2D eigenvalue weighted by atomic mass is 35.5. The number of amides is 2. The fourth-order valence-electron chi connectivity index (χ4n) is 1.59. The lowest BCUT2D eigenvalue weighted by molar-refractivity contribution is 0.262. The molecular weight excluding hydrogens is 280 g/mol. The van der Waals surface area contributed by atoms with E-state index in [2.05, 4.69) is 20.6 Å². The van der Waals surface area contributed by atoms with Gasteiger partial charge in [0.2, 0.25) is 0 Å². The Morgan fingerprint density at radius 3 is 2.80 bits per heavy atom. The van der Waals surface area contributed by atoms with Crippen LogP contribution in [0, 0.1) is 6.92 Å². The predicted molar refractivity (Wildman–Crippen MR) is 77.4 cm³/mol. The summed E-state index contributed by atoms with van der Waals surface area (Å²) in [6.45, 7) is 1.92. The second kappa shape index (κ2) is 6.21. The third kappa shape index (κ3) is 3.58. The lowest BCUT2D eigenvalue weighted by atomic mass is 10.2. The summed E-state index contributed by atoms with van der Waals surface area (Å²) in [5.41, 5.74) is 1.57. The first kappa shape index (κ1) is 14.1. The van der Waals surface area contributed by atoms with Crippen LogP contribution in [-0.2, 0) is 0 Å². The fourth-order valence-corrected chi connectivity index (χ4v) is 1.74. The standard InChI is InChI=1S/C13H13ClN4O2/c1-8-3-4-10(20-2)9(5-8)16-13(19)18-12-7-15-6-11(14)17-12/h3-7H,1-2H3,(H2,16,17,18,19).